The highest BCUT2D eigenvalue weighted by Crippen LogP contribution is 2.16. The number of carbonyl (C=O) groups excluding carboxylic acids is 2. The Kier molecular flexibility index (Phi) is 5.61. The van der Waals surface area contributed by atoms with Crippen molar-refractivity contribution in [3.05, 3.63) is 75.8 Å². The number of amides is 2. The lowest BCUT2D eigenvalue weighted by Crippen LogP contribution is -2.27. The summed E-state index contributed by atoms with van der Waals surface area (Å²) in [6.07, 6.45) is 4.89. The van der Waals surface area contributed by atoms with Crippen LogP contribution in [-0.4, -0.2) is 34.7 Å². The molecule has 7 heteroatoms. The topological polar surface area (TPSA) is 92.5 Å². The van der Waals surface area contributed by atoms with Crippen LogP contribution in [0.25, 0.3) is 6.08 Å². The Balaban J connectivity index is 1.60. The Hall–Kier alpha value is -3.48. The first-order valence-electron chi connectivity index (χ1n) is 8.66. The lowest BCUT2D eigenvalue weighted by atomic mass is 10.1. The Labute approximate surface area is 156 Å². The van der Waals surface area contributed by atoms with E-state index in [9.17, 15) is 19.7 Å². The number of non-ortho nitro benzene ring substituents is 1. The highest BCUT2D eigenvalue weighted by molar-refractivity contribution is 6.02. The normalized spacial score (nSPS) is 13.7. The fraction of sp³-hybridized carbons (Fsp3) is 0.200. The van der Waals surface area contributed by atoms with Gasteiger partial charge in [0.1, 0.15) is 0 Å². The molecule has 3 rings (SSSR count). The summed E-state index contributed by atoms with van der Waals surface area (Å²) in [4.78, 5) is 36.4. The maximum atomic E-state index is 12.3. The number of hydrogen-bond acceptors (Lipinski definition) is 4. The van der Waals surface area contributed by atoms with E-state index in [0.717, 1.165) is 25.9 Å². The Morgan fingerprint density at radius 3 is 2.44 bits per heavy atom. The fourth-order valence-corrected chi connectivity index (χ4v) is 2.90. The molecule has 0 aromatic heterocycles. The predicted octanol–water partition coefficient (Wildman–Crippen LogP) is 3.48. The molecule has 0 atom stereocenters. The molecule has 27 heavy (non-hydrogen) atoms. The molecule has 0 aliphatic carbocycles. The van der Waals surface area contributed by atoms with Gasteiger partial charge >= 0.3 is 0 Å². The molecule has 0 unspecified atom stereocenters. The van der Waals surface area contributed by atoms with E-state index in [4.69, 9.17) is 0 Å². The van der Waals surface area contributed by atoms with Gasteiger partial charge in [0, 0.05) is 42.5 Å². The van der Waals surface area contributed by atoms with Crippen LogP contribution in [0.4, 0.5) is 11.4 Å². The van der Waals surface area contributed by atoms with Crippen molar-refractivity contribution in [1.82, 2.24) is 4.90 Å². The Morgan fingerprint density at radius 1 is 1.07 bits per heavy atom. The second-order valence-electron chi connectivity index (χ2n) is 6.25. The molecular weight excluding hydrogens is 346 g/mol. The van der Waals surface area contributed by atoms with Gasteiger partial charge < -0.3 is 10.2 Å². The molecule has 2 amide bonds. The SMILES string of the molecule is O=C(C=Cc1cccc([N+](=O)[O-])c1)Nc1ccc(C(=O)N2CCCC2)cc1. The zero-order valence-corrected chi connectivity index (χ0v) is 14.6. The number of rotatable bonds is 5. The highest BCUT2D eigenvalue weighted by Gasteiger charge is 2.19. The summed E-state index contributed by atoms with van der Waals surface area (Å²) in [7, 11) is 0. The first kappa shape index (κ1) is 18.3. The number of likely N-dealkylation sites (tertiary alicyclic amines) is 1. The molecule has 0 saturated carbocycles. The summed E-state index contributed by atoms with van der Waals surface area (Å²) in [5.74, 6) is -0.351. The van der Waals surface area contributed by atoms with Crippen molar-refractivity contribution >= 4 is 29.3 Å². The number of nitrogens with zero attached hydrogens (tertiary/aromatic N) is 2. The number of nitrogens with one attached hydrogen (secondary N) is 1. The fourth-order valence-electron chi connectivity index (χ4n) is 2.90. The molecule has 1 N–H and O–H groups in total. The molecule has 138 valence electrons. The molecule has 1 saturated heterocycles. The van der Waals surface area contributed by atoms with Crippen LogP contribution in [0.3, 0.4) is 0 Å². The van der Waals surface area contributed by atoms with E-state index in [0.29, 0.717) is 16.8 Å². The van der Waals surface area contributed by atoms with Crippen LogP contribution >= 0.6 is 0 Å². The van der Waals surface area contributed by atoms with Crippen LogP contribution in [0.1, 0.15) is 28.8 Å². The van der Waals surface area contributed by atoms with Gasteiger partial charge in [-0.15, -0.1) is 0 Å². The van der Waals surface area contributed by atoms with Gasteiger partial charge in [-0.05, 0) is 48.7 Å². The molecule has 2 aromatic rings. The van der Waals surface area contributed by atoms with Gasteiger partial charge in [0.25, 0.3) is 11.6 Å². The van der Waals surface area contributed by atoms with Gasteiger partial charge in [0.15, 0.2) is 0 Å². The summed E-state index contributed by atoms with van der Waals surface area (Å²) in [6, 6.07) is 12.8. The van der Waals surface area contributed by atoms with E-state index in [1.54, 1.807) is 36.4 Å². The average Bonchev–Trinajstić information content (AvgIpc) is 3.21. The van der Waals surface area contributed by atoms with Gasteiger partial charge in [0.2, 0.25) is 5.91 Å². The second-order valence-corrected chi connectivity index (χ2v) is 6.25. The molecule has 1 aliphatic heterocycles. The van der Waals surface area contributed by atoms with Gasteiger partial charge in [0.05, 0.1) is 4.92 Å². The third kappa shape index (κ3) is 4.78. The zero-order valence-electron chi connectivity index (χ0n) is 14.6. The molecule has 1 fully saturated rings. The summed E-state index contributed by atoms with van der Waals surface area (Å²) >= 11 is 0. The van der Waals surface area contributed by atoms with Crippen molar-refractivity contribution < 1.29 is 14.5 Å². The van der Waals surface area contributed by atoms with Crippen molar-refractivity contribution in [1.29, 1.82) is 0 Å². The largest absolute Gasteiger partial charge is 0.339 e. The van der Waals surface area contributed by atoms with E-state index in [2.05, 4.69) is 5.32 Å². The van der Waals surface area contributed by atoms with E-state index < -0.39 is 4.92 Å². The van der Waals surface area contributed by atoms with E-state index in [1.807, 2.05) is 4.90 Å². The number of nitro benzene ring substituents is 1. The number of nitro groups is 1. The van der Waals surface area contributed by atoms with Gasteiger partial charge in [-0.1, -0.05) is 12.1 Å². The maximum Gasteiger partial charge on any atom is 0.270 e. The molecule has 0 bridgehead atoms. The first-order valence-corrected chi connectivity index (χ1v) is 8.66. The van der Waals surface area contributed by atoms with Crippen LogP contribution in [0.2, 0.25) is 0 Å². The monoisotopic (exact) mass is 365 g/mol. The lowest BCUT2D eigenvalue weighted by Gasteiger charge is -2.15. The number of hydrogen-bond donors (Lipinski definition) is 1. The smallest absolute Gasteiger partial charge is 0.270 e. The minimum absolute atomic E-state index is 0.0101. The second kappa shape index (κ2) is 8.27. The van der Waals surface area contributed by atoms with E-state index in [-0.39, 0.29) is 17.5 Å². The van der Waals surface area contributed by atoms with E-state index in [1.165, 1.54) is 24.3 Å². The Morgan fingerprint density at radius 2 is 1.78 bits per heavy atom. The molecule has 0 spiro atoms. The average molecular weight is 365 g/mol. The van der Waals surface area contributed by atoms with Crippen molar-refractivity contribution in [3.63, 3.8) is 0 Å². The van der Waals surface area contributed by atoms with Crippen molar-refractivity contribution in [2.75, 3.05) is 18.4 Å². The van der Waals surface area contributed by atoms with Gasteiger partial charge in [-0.3, -0.25) is 19.7 Å². The molecule has 7 nitrogen and oxygen atoms in total. The van der Waals surface area contributed by atoms with E-state index >= 15 is 0 Å². The third-order valence-electron chi connectivity index (χ3n) is 4.30. The van der Waals surface area contributed by atoms with Crippen LogP contribution in [0.5, 0.6) is 0 Å². The summed E-state index contributed by atoms with van der Waals surface area (Å²) in [6.45, 7) is 1.58. The van der Waals surface area contributed by atoms with Crippen LogP contribution in [-0.2, 0) is 4.79 Å². The van der Waals surface area contributed by atoms with Crippen molar-refractivity contribution in [3.8, 4) is 0 Å². The highest BCUT2D eigenvalue weighted by atomic mass is 16.6. The summed E-state index contributed by atoms with van der Waals surface area (Å²) in [5, 5.41) is 13.5. The Bertz CT molecular complexity index is 884. The standard InChI is InChI=1S/C20H19N3O4/c24-19(11-6-15-4-3-5-18(14-15)23(26)27)21-17-9-7-16(8-10-17)20(25)22-12-1-2-13-22/h3-11,14H,1-2,12-13H2,(H,21,24). The summed E-state index contributed by atoms with van der Waals surface area (Å²) in [5.41, 5.74) is 1.70. The van der Waals surface area contributed by atoms with Crippen molar-refractivity contribution in [2.45, 2.75) is 12.8 Å². The van der Waals surface area contributed by atoms with Gasteiger partial charge in [-0.2, -0.15) is 0 Å². The molecule has 1 heterocycles. The quantitative estimate of drug-likeness (QED) is 0.499. The molecule has 1 aliphatic rings. The number of carbonyl (C=O) groups is 2. The molecule has 2 aromatic carbocycles. The van der Waals surface area contributed by atoms with Crippen LogP contribution in [0.15, 0.2) is 54.6 Å². The first-order chi connectivity index (χ1) is 13.0. The van der Waals surface area contributed by atoms with Crippen LogP contribution < -0.4 is 5.32 Å². The minimum Gasteiger partial charge on any atom is -0.339 e. The van der Waals surface area contributed by atoms with Gasteiger partial charge in [-0.25, -0.2) is 0 Å². The molecular formula is C20H19N3O4. The third-order valence-corrected chi connectivity index (χ3v) is 4.30. The minimum atomic E-state index is -0.484. The van der Waals surface area contributed by atoms with Crippen LogP contribution in [0, 0.1) is 10.1 Å². The zero-order chi connectivity index (χ0) is 19.2. The molecule has 0 radical (unpaired) electrons. The lowest BCUT2D eigenvalue weighted by molar-refractivity contribution is -0.384. The predicted molar refractivity (Wildman–Crippen MR) is 102 cm³/mol. The summed E-state index contributed by atoms with van der Waals surface area (Å²) < 4.78 is 0. The number of benzene rings is 2. The van der Waals surface area contributed by atoms with Crippen molar-refractivity contribution in [2.24, 2.45) is 0 Å². The maximum absolute atomic E-state index is 12.3. The number of anilines is 1.